The van der Waals surface area contributed by atoms with Gasteiger partial charge in [-0.15, -0.1) is 6.58 Å². The summed E-state index contributed by atoms with van der Waals surface area (Å²) in [5.74, 6) is 0.135. The van der Waals surface area contributed by atoms with E-state index in [-0.39, 0.29) is 18.5 Å². The van der Waals surface area contributed by atoms with E-state index in [1.165, 1.54) is 6.07 Å². The summed E-state index contributed by atoms with van der Waals surface area (Å²) in [5.41, 5.74) is 2.49. The van der Waals surface area contributed by atoms with Gasteiger partial charge in [-0.1, -0.05) is 48.5 Å². The molecule has 1 aliphatic rings. The van der Waals surface area contributed by atoms with Gasteiger partial charge in [0, 0.05) is 38.9 Å². The fraction of sp³-hybridized carbons (Fsp3) is 0.393. The molecule has 1 fully saturated rings. The number of rotatable bonds is 13. The van der Waals surface area contributed by atoms with Gasteiger partial charge in [-0.25, -0.2) is 9.07 Å². The number of aromatic nitrogens is 2. The molecular weight excluding hydrogens is 461 g/mol. The lowest BCUT2D eigenvalue weighted by atomic mass is 10.1. The quantitative estimate of drug-likeness (QED) is 0.277. The number of nitrogens with zero attached hydrogens (tertiary/aromatic N) is 3. The van der Waals surface area contributed by atoms with Crippen molar-refractivity contribution < 1.29 is 23.7 Å². The summed E-state index contributed by atoms with van der Waals surface area (Å²) in [6, 6.07) is 16.2. The van der Waals surface area contributed by atoms with Gasteiger partial charge in [0.2, 0.25) is 5.88 Å². The highest BCUT2D eigenvalue weighted by Crippen LogP contribution is 2.35. The van der Waals surface area contributed by atoms with Crippen LogP contribution in [-0.4, -0.2) is 64.9 Å². The predicted octanol–water partition coefficient (Wildman–Crippen LogP) is 4.56. The number of ether oxygens (including phenoxy) is 3. The molecule has 2 heterocycles. The van der Waals surface area contributed by atoms with Crippen molar-refractivity contribution in [3.8, 4) is 22.9 Å². The second-order valence-corrected chi connectivity index (χ2v) is 8.96. The molecular formula is C28H34FN3O4. The van der Waals surface area contributed by atoms with Crippen LogP contribution in [0.15, 0.2) is 67.3 Å². The van der Waals surface area contributed by atoms with Crippen LogP contribution in [0.5, 0.6) is 11.6 Å². The summed E-state index contributed by atoms with van der Waals surface area (Å²) < 4.78 is 33.6. The molecule has 192 valence electrons. The average Bonchev–Trinajstić information content (AvgIpc) is 3.49. The maximum absolute atomic E-state index is 14.5. The highest BCUT2D eigenvalue weighted by Gasteiger charge is 2.26. The normalized spacial score (nSPS) is 16.4. The zero-order chi connectivity index (χ0) is 25.3. The third-order valence-corrected chi connectivity index (χ3v) is 6.06. The fourth-order valence-electron chi connectivity index (χ4n) is 4.42. The predicted molar refractivity (Wildman–Crippen MR) is 136 cm³/mol. The minimum Gasteiger partial charge on any atom is -0.436 e. The zero-order valence-electron chi connectivity index (χ0n) is 20.7. The Kier molecular flexibility index (Phi) is 9.24. The summed E-state index contributed by atoms with van der Waals surface area (Å²) in [6.45, 7) is 6.42. The molecule has 0 saturated carbocycles. The van der Waals surface area contributed by atoms with Gasteiger partial charge in [0.25, 0.3) is 0 Å². The number of aliphatic hydroxyl groups is 1. The molecule has 0 spiro atoms. The Bertz CT molecular complexity index is 1120. The van der Waals surface area contributed by atoms with E-state index in [1.807, 2.05) is 30.3 Å². The third kappa shape index (κ3) is 6.79. The lowest BCUT2D eigenvalue weighted by Crippen LogP contribution is -2.39. The van der Waals surface area contributed by atoms with Gasteiger partial charge >= 0.3 is 0 Å². The lowest BCUT2D eigenvalue weighted by Gasteiger charge is -2.27. The Morgan fingerprint density at radius 2 is 2.03 bits per heavy atom. The van der Waals surface area contributed by atoms with Crippen molar-refractivity contribution >= 4 is 0 Å². The van der Waals surface area contributed by atoms with Gasteiger partial charge in [0.1, 0.15) is 5.69 Å². The minimum atomic E-state index is -0.695. The number of aliphatic hydroxyl groups excluding tert-OH is 1. The van der Waals surface area contributed by atoms with E-state index in [1.54, 1.807) is 36.0 Å². The molecule has 1 aliphatic heterocycles. The van der Waals surface area contributed by atoms with Crippen LogP contribution < -0.4 is 4.74 Å². The molecule has 0 amide bonds. The van der Waals surface area contributed by atoms with Crippen molar-refractivity contribution in [2.24, 2.45) is 7.05 Å². The number of aryl methyl sites for hydroxylation is 1. The second kappa shape index (κ2) is 12.8. The molecule has 8 heteroatoms. The van der Waals surface area contributed by atoms with E-state index < -0.39 is 11.9 Å². The van der Waals surface area contributed by atoms with Gasteiger partial charge in [0.05, 0.1) is 31.0 Å². The van der Waals surface area contributed by atoms with Crippen molar-refractivity contribution in [3.63, 3.8) is 0 Å². The van der Waals surface area contributed by atoms with Crippen molar-refractivity contribution in [1.82, 2.24) is 14.7 Å². The average molecular weight is 496 g/mol. The summed E-state index contributed by atoms with van der Waals surface area (Å²) >= 11 is 0. The maximum Gasteiger partial charge on any atom is 0.222 e. The van der Waals surface area contributed by atoms with Crippen LogP contribution in [0, 0.1) is 5.82 Å². The topological polar surface area (TPSA) is 69.0 Å². The van der Waals surface area contributed by atoms with Crippen LogP contribution in [0.3, 0.4) is 0 Å². The van der Waals surface area contributed by atoms with Crippen LogP contribution in [-0.2, 0) is 23.1 Å². The minimum absolute atomic E-state index is 0.0825. The molecule has 0 radical (unpaired) electrons. The number of hydrogen-bond acceptors (Lipinski definition) is 6. The molecule has 3 aromatic rings. The Hall–Kier alpha value is -3.04. The first-order valence-electron chi connectivity index (χ1n) is 12.3. The van der Waals surface area contributed by atoms with Gasteiger partial charge in [-0.3, -0.25) is 4.90 Å². The fourth-order valence-corrected chi connectivity index (χ4v) is 4.42. The van der Waals surface area contributed by atoms with E-state index in [0.717, 1.165) is 36.3 Å². The molecule has 0 bridgehead atoms. The van der Waals surface area contributed by atoms with Gasteiger partial charge in [-0.05, 0) is 25.0 Å². The van der Waals surface area contributed by atoms with Crippen LogP contribution >= 0.6 is 0 Å². The molecule has 1 saturated heterocycles. The van der Waals surface area contributed by atoms with Crippen molar-refractivity contribution in [2.45, 2.75) is 31.6 Å². The van der Waals surface area contributed by atoms with Crippen LogP contribution in [0.25, 0.3) is 11.3 Å². The Labute approximate surface area is 211 Å². The van der Waals surface area contributed by atoms with Gasteiger partial charge in [-0.2, -0.15) is 5.10 Å². The van der Waals surface area contributed by atoms with Crippen LogP contribution in [0.4, 0.5) is 4.39 Å². The van der Waals surface area contributed by atoms with Crippen LogP contribution in [0.1, 0.15) is 18.4 Å². The van der Waals surface area contributed by atoms with Crippen molar-refractivity contribution in [1.29, 1.82) is 0 Å². The van der Waals surface area contributed by atoms with E-state index in [9.17, 15) is 9.50 Å². The van der Waals surface area contributed by atoms with E-state index >= 15 is 0 Å². The Balaban J connectivity index is 1.66. The number of benzene rings is 2. The third-order valence-electron chi connectivity index (χ3n) is 6.06. The SMILES string of the molecule is C=CCOCC(O)CN(Cc1c(-c2ccccc2)nn(C)c1Oc1ccccc1F)CC1CCCO1. The van der Waals surface area contributed by atoms with Crippen molar-refractivity contribution in [3.05, 3.63) is 78.6 Å². The molecule has 2 aromatic carbocycles. The Morgan fingerprint density at radius 3 is 2.75 bits per heavy atom. The molecule has 1 aromatic heterocycles. The highest BCUT2D eigenvalue weighted by molar-refractivity contribution is 5.65. The second-order valence-electron chi connectivity index (χ2n) is 8.96. The van der Waals surface area contributed by atoms with Gasteiger partial charge in [0.15, 0.2) is 11.6 Å². The summed E-state index contributed by atoms with van der Waals surface area (Å²) in [7, 11) is 1.79. The monoisotopic (exact) mass is 495 g/mol. The molecule has 4 rings (SSSR count). The van der Waals surface area contributed by atoms with E-state index in [2.05, 4.69) is 11.5 Å². The maximum atomic E-state index is 14.5. The first kappa shape index (κ1) is 26.0. The van der Waals surface area contributed by atoms with Crippen LogP contribution in [0.2, 0.25) is 0 Å². The first-order chi connectivity index (χ1) is 17.5. The van der Waals surface area contributed by atoms with Crippen molar-refractivity contribution in [2.75, 3.05) is 32.9 Å². The summed E-state index contributed by atoms with van der Waals surface area (Å²) in [6.07, 6.45) is 3.04. The summed E-state index contributed by atoms with van der Waals surface area (Å²) in [4.78, 5) is 2.13. The van der Waals surface area contributed by atoms with E-state index in [4.69, 9.17) is 19.3 Å². The molecule has 1 N–H and O–H groups in total. The molecule has 2 atom stereocenters. The van der Waals surface area contributed by atoms with E-state index in [0.29, 0.717) is 32.1 Å². The molecule has 7 nitrogen and oxygen atoms in total. The number of halogens is 1. The lowest BCUT2D eigenvalue weighted by molar-refractivity contribution is 0.00844. The zero-order valence-corrected chi connectivity index (χ0v) is 20.7. The highest BCUT2D eigenvalue weighted by atomic mass is 19.1. The molecule has 2 unspecified atom stereocenters. The Morgan fingerprint density at radius 1 is 1.25 bits per heavy atom. The largest absolute Gasteiger partial charge is 0.436 e. The number of para-hydroxylation sites is 1. The summed E-state index contributed by atoms with van der Waals surface area (Å²) in [5, 5.41) is 15.4. The van der Waals surface area contributed by atoms with Gasteiger partial charge < -0.3 is 19.3 Å². The molecule has 36 heavy (non-hydrogen) atoms. The molecule has 0 aliphatic carbocycles. The smallest absolute Gasteiger partial charge is 0.222 e. The first-order valence-corrected chi connectivity index (χ1v) is 12.3. The standard InChI is InChI=1S/C28H34FN3O4/c1-3-15-34-20-22(33)17-32(18-23-12-9-16-35-23)19-24-27(21-10-5-4-6-11-21)30-31(2)28(24)36-26-14-8-7-13-25(26)29/h3-8,10-11,13-14,22-23,33H,1,9,12,15-20H2,2H3. The number of hydrogen-bond donors (Lipinski definition) is 1.